The van der Waals surface area contributed by atoms with Crippen LogP contribution in [0.2, 0.25) is 0 Å². The molecule has 66 heavy (non-hydrogen) atoms. The Morgan fingerprint density at radius 2 is 1.11 bits per heavy atom. The third kappa shape index (κ3) is 5.53. The van der Waals surface area contributed by atoms with Gasteiger partial charge in [-0.15, -0.1) is 0 Å². The van der Waals surface area contributed by atoms with Gasteiger partial charge in [-0.1, -0.05) is 159 Å². The molecule has 0 radical (unpaired) electrons. The molecule has 310 valence electrons. The van der Waals surface area contributed by atoms with Crippen LogP contribution in [0.4, 0.5) is 0 Å². The van der Waals surface area contributed by atoms with Crippen LogP contribution >= 0.6 is 0 Å². The Kier molecular flexibility index (Phi) is 7.96. The number of aromatic nitrogens is 1. The molecule has 10 aromatic carbocycles. The van der Waals surface area contributed by atoms with E-state index in [2.05, 4.69) is 200 Å². The summed E-state index contributed by atoms with van der Waals surface area (Å²) in [5, 5.41) is 13.5. The van der Waals surface area contributed by atoms with Crippen LogP contribution in [0.15, 0.2) is 219 Å². The van der Waals surface area contributed by atoms with Gasteiger partial charge in [-0.2, -0.15) is 0 Å². The van der Waals surface area contributed by atoms with E-state index >= 15 is 0 Å². The summed E-state index contributed by atoms with van der Waals surface area (Å²) in [5.41, 5.74) is 11.5. The summed E-state index contributed by atoms with van der Waals surface area (Å²) < 4.78 is 15.8. The average molecular weight is 846 g/mol. The van der Waals surface area contributed by atoms with E-state index in [9.17, 15) is 0 Å². The minimum absolute atomic E-state index is 0.0210. The van der Waals surface area contributed by atoms with Crippen LogP contribution < -0.4 is 0 Å². The molecule has 1 aliphatic rings. The number of para-hydroxylation sites is 2. The maximum atomic E-state index is 6.97. The van der Waals surface area contributed by atoms with E-state index in [0.717, 1.165) is 110 Å². The maximum absolute atomic E-state index is 6.97. The molecule has 14 rings (SSSR count). The highest BCUT2D eigenvalue weighted by Crippen LogP contribution is 2.43. The summed E-state index contributed by atoms with van der Waals surface area (Å²) in [6, 6.07) is 69.1. The quantitative estimate of drug-likeness (QED) is 0.177. The second-order valence-corrected chi connectivity index (χ2v) is 17.7. The molecule has 0 aliphatic carbocycles. The number of nitrogens with zero attached hydrogens (tertiary/aromatic N) is 3. The van der Waals surface area contributed by atoms with Gasteiger partial charge in [-0.25, -0.2) is 9.98 Å². The monoisotopic (exact) mass is 845 g/mol. The zero-order valence-electron chi connectivity index (χ0n) is 36.0. The molecule has 0 saturated carbocycles. The van der Waals surface area contributed by atoms with Crippen molar-refractivity contribution in [2.45, 2.75) is 13.3 Å². The highest BCUT2D eigenvalue weighted by molar-refractivity contribution is 6.25. The number of hydrogen-bond donors (Lipinski definition) is 0. The molecule has 0 saturated heterocycles. The second kappa shape index (κ2) is 14.2. The van der Waals surface area contributed by atoms with Crippen molar-refractivity contribution in [2.24, 2.45) is 15.9 Å². The summed E-state index contributed by atoms with van der Waals surface area (Å²) >= 11 is 0. The van der Waals surface area contributed by atoms with Crippen LogP contribution in [0, 0.1) is 5.92 Å². The average Bonchev–Trinajstić information content (AvgIpc) is 4.03. The van der Waals surface area contributed by atoms with E-state index in [1.807, 2.05) is 12.1 Å². The molecule has 13 aromatic rings. The predicted octanol–water partition coefficient (Wildman–Crippen LogP) is 16.4. The van der Waals surface area contributed by atoms with Crippen LogP contribution in [0.3, 0.4) is 0 Å². The van der Waals surface area contributed by atoms with Crippen molar-refractivity contribution in [1.29, 1.82) is 0 Å². The third-order valence-corrected chi connectivity index (χ3v) is 13.8. The van der Waals surface area contributed by atoms with Crippen LogP contribution in [0.1, 0.15) is 30.0 Å². The van der Waals surface area contributed by atoms with E-state index in [1.54, 1.807) is 0 Å². The minimum atomic E-state index is 0.0210. The lowest BCUT2D eigenvalue weighted by Gasteiger charge is -2.21. The van der Waals surface area contributed by atoms with Gasteiger partial charge in [0.25, 0.3) is 0 Å². The fourth-order valence-corrected chi connectivity index (χ4v) is 10.7. The first-order valence-electron chi connectivity index (χ1n) is 22.7. The Labute approximate surface area is 378 Å². The maximum Gasteiger partial charge on any atom is 0.160 e. The van der Waals surface area contributed by atoms with Gasteiger partial charge in [0.2, 0.25) is 0 Å². The molecule has 0 spiro atoms. The molecule has 3 aromatic heterocycles. The molecule has 1 atom stereocenters. The number of furan rings is 2. The number of allylic oxidation sites excluding steroid dienone is 1. The number of aliphatic imine (C=N–C) groups is 2. The smallest absolute Gasteiger partial charge is 0.160 e. The number of hydrogen-bond acceptors (Lipinski definition) is 4. The molecule has 0 amide bonds. The van der Waals surface area contributed by atoms with Gasteiger partial charge in [0.05, 0.1) is 28.1 Å². The highest BCUT2D eigenvalue weighted by Gasteiger charge is 2.26. The molecule has 4 heterocycles. The van der Waals surface area contributed by atoms with Gasteiger partial charge in [0.1, 0.15) is 22.3 Å². The zero-order valence-corrected chi connectivity index (χ0v) is 36.0. The second-order valence-electron chi connectivity index (χ2n) is 17.7. The van der Waals surface area contributed by atoms with Gasteiger partial charge in [0, 0.05) is 66.4 Å². The normalized spacial score (nSPS) is 15.6. The van der Waals surface area contributed by atoms with Gasteiger partial charge >= 0.3 is 0 Å². The van der Waals surface area contributed by atoms with Crippen LogP contribution in [-0.4, -0.2) is 16.1 Å². The Balaban J connectivity index is 1.09. The van der Waals surface area contributed by atoms with Gasteiger partial charge < -0.3 is 13.4 Å². The summed E-state index contributed by atoms with van der Waals surface area (Å²) in [6.45, 7) is 2.29. The highest BCUT2D eigenvalue weighted by atomic mass is 16.3. The molecule has 5 heteroatoms. The SMILES string of the molecule is CC1C/C=C(\c2cc3c(cc2-n2c4ccccc4c4cc5ccccc5cc42)oc2c4ccccc4ccc32)N=C(c2cccc3ccccc23)N=C1c1cccc2oc3ccccc3c12. The lowest BCUT2D eigenvalue weighted by Crippen LogP contribution is -2.17. The number of fused-ring (bicyclic) bond motifs is 13. The van der Waals surface area contributed by atoms with Gasteiger partial charge in [0.15, 0.2) is 5.84 Å². The largest absolute Gasteiger partial charge is 0.456 e. The fraction of sp³-hybridized carbons (Fsp3) is 0.0492. The Hall–Kier alpha value is -8.54. The topological polar surface area (TPSA) is 55.9 Å². The summed E-state index contributed by atoms with van der Waals surface area (Å²) in [6.07, 6.45) is 3.04. The lowest BCUT2D eigenvalue weighted by atomic mass is 9.90. The van der Waals surface area contributed by atoms with Gasteiger partial charge in [-0.05, 0) is 75.8 Å². The van der Waals surface area contributed by atoms with Gasteiger partial charge in [-0.3, -0.25) is 0 Å². The number of amidine groups is 1. The van der Waals surface area contributed by atoms with Crippen LogP contribution in [0.5, 0.6) is 0 Å². The first-order valence-corrected chi connectivity index (χ1v) is 22.7. The Morgan fingerprint density at radius 1 is 0.439 bits per heavy atom. The number of rotatable bonds is 4. The Bertz CT molecular complexity index is 4280. The van der Waals surface area contributed by atoms with E-state index < -0.39 is 0 Å². The van der Waals surface area contributed by atoms with E-state index in [-0.39, 0.29) is 5.92 Å². The molecule has 0 bridgehead atoms. The van der Waals surface area contributed by atoms with Crippen LogP contribution in [-0.2, 0) is 0 Å². The molecule has 0 N–H and O–H groups in total. The van der Waals surface area contributed by atoms with Crippen molar-refractivity contribution in [3.05, 3.63) is 217 Å². The Morgan fingerprint density at radius 3 is 1.97 bits per heavy atom. The van der Waals surface area contributed by atoms with Crippen molar-refractivity contribution in [1.82, 2.24) is 4.57 Å². The van der Waals surface area contributed by atoms with E-state index in [1.165, 1.54) is 21.5 Å². The van der Waals surface area contributed by atoms with Crippen molar-refractivity contribution in [2.75, 3.05) is 0 Å². The third-order valence-electron chi connectivity index (χ3n) is 13.8. The zero-order chi connectivity index (χ0) is 43.5. The van der Waals surface area contributed by atoms with E-state index in [0.29, 0.717) is 12.3 Å². The van der Waals surface area contributed by atoms with Crippen LogP contribution in [0.25, 0.3) is 109 Å². The first-order chi connectivity index (χ1) is 32.6. The van der Waals surface area contributed by atoms with Crippen molar-refractivity contribution < 1.29 is 8.83 Å². The summed E-state index contributed by atoms with van der Waals surface area (Å²) in [7, 11) is 0. The molecular formula is C61H39N3O2. The summed E-state index contributed by atoms with van der Waals surface area (Å²) in [5.74, 6) is 0.680. The standard InChI is InChI=1S/C61H39N3O2/c1-36-28-31-51(62-61(45-23-12-18-37-14-4-6-19-41(37)45)63-59(36)47-24-13-27-56-58(47)46-22-9-11-26-55(46)65-56)50-34-49-44-30-29-38-15-5-7-20-42(38)60(44)66-57(49)35-54(50)64-52-25-10-8-21-43(52)48-32-39-16-2-3-17-40(39)33-53(48)64/h2-27,29-36H,28H2,1H3/b51-31+,62-61?,63-59?. The molecule has 1 unspecified atom stereocenters. The lowest BCUT2D eigenvalue weighted by molar-refractivity contribution is 0.669. The molecule has 5 nitrogen and oxygen atoms in total. The minimum Gasteiger partial charge on any atom is -0.456 e. The first kappa shape index (κ1) is 36.9. The fourth-order valence-electron chi connectivity index (χ4n) is 10.7. The number of benzene rings is 10. The molecule has 1 aliphatic heterocycles. The van der Waals surface area contributed by atoms with Crippen molar-refractivity contribution in [3.8, 4) is 5.69 Å². The predicted molar refractivity (Wildman–Crippen MR) is 276 cm³/mol. The summed E-state index contributed by atoms with van der Waals surface area (Å²) in [4.78, 5) is 11.5. The van der Waals surface area contributed by atoms with Crippen molar-refractivity contribution in [3.63, 3.8) is 0 Å². The van der Waals surface area contributed by atoms with E-state index in [4.69, 9.17) is 18.8 Å². The molecule has 0 fully saturated rings. The molecular weight excluding hydrogens is 807 g/mol. The van der Waals surface area contributed by atoms with Crippen molar-refractivity contribution >= 4 is 115 Å².